The average Bonchev–Trinajstić information content (AvgIpc) is 2.35. The zero-order chi connectivity index (χ0) is 13.7. The third-order valence-corrected chi connectivity index (χ3v) is 2.07. The Hall–Kier alpha value is -1.79. The van der Waals surface area contributed by atoms with Crippen LogP contribution in [-0.4, -0.2) is 19.7 Å². The fourth-order valence-electron chi connectivity index (χ4n) is 1.17. The van der Waals surface area contributed by atoms with E-state index in [4.69, 9.17) is 0 Å². The summed E-state index contributed by atoms with van der Waals surface area (Å²) >= 11 is 0. The van der Waals surface area contributed by atoms with Gasteiger partial charge in [0.25, 0.3) is 0 Å². The summed E-state index contributed by atoms with van der Waals surface area (Å²) in [6.45, 7) is -0.272. The first-order chi connectivity index (χ1) is 8.47. The Labute approximate surface area is 100 Å². The van der Waals surface area contributed by atoms with E-state index in [-0.39, 0.29) is 25.5 Å². The molecule has 0 aliphatic heterocycles. The molecule has 3 nitrogen and oxygen atoms in total. The van der Waals surface area contributed by atoms with Gasteiger partial charge in [0.15, 0.2) is 17.4 Å². The molecule has 1 aromatic rings. The molecule has 0 radical (unpaired) electrons. The van der Waals surface area contributed by atoms with Crippen molar-refractivity contribution in [1.82, 2.24) is 0 Å². The first-order valence-electron chi connectivity index (χ1n) is 5.00. The van der Waals surface area contributed by atoms with Crippen LogP contribution in [0.15, 0.2) is 6.07 Å². The van der Waals surface area contributed by atoms with E-state index in [0.29, 0.717) is 0 Å². The van der Waals surface area contributed by atoms with Crippen molar-refractivity contribution < 1.29 is 31.8 Å². The normalized spacial score (nSPS) is 10.3. The quantitative estimate of drug-likeness (QED) is 0.355. The van der Waals surface area contributed by atoms with Gasteiger partial charge in [0.05, 0.1) is 13.7 Å². The van der Waals surface area contributed by atoms with Crippen molar-refractivity contribution >= 4 is 5.97 Å². The van der Waals surface area contributed by atoms with Gasteiger partial charge in [-0.05, 0) is 6.42 Å². The number of benzene rings is 1. The van der Waals surface area contributed by atoms with Gasteiger partial charge in [-0.25, -0.2) is 8.78 Å². The molecule has 0 aliphatic rings. The van der Waals surface area contributed by atoms with Crippen molar-refractivity contribution in [3.05, 3.63) is 29.3 Å². The maximum absolute atomic E-state index is 13.1. The minimum Gasteiger partial charge on any atom is -0.487 e. The maximum Gasteiger partial charge on any atom is 0.305 e. The van der Waals surface area contributed by atoms with Gasteiger partial charge in [-0.1, -0.05) is 0 Å². The van der Waals surface area contributed by atoms with Crippen molar-refractivity contribution in [3.63, 3.8) is 0 Å². The minimum absolute atomic E-state index is 0.0302. The molecule has 0 N–H and O–H groups in total. The van der Waals surface area contributed by atoms with Crippen molar-refractivity contribution in [2.75, 3.05) is 13.7 Å². The Morgan fingerprint density at radius 1 is 1.17 bits per heavy atom. The molecule has 0 fully saturated rings. The molecule has 0 aliphatic carbocycles. The summed E-state index contributed by atoms with van der Waals surface area (Å²) in [6.07, 6.45) is 0.0707. The molecule has 0 amide bonds. The lowest BCUT2D eigenvalue weighted by molar-refractivity contribution is -0.140. The van der Waals surface area contributed by atoms with Gasteiger partial charge in [0.1, 0.15) is 0 Å². The molecule has 1 aromatic carbocycles. The van der Waals surface area contributed by atoms with Crippen LogP contribution in [0.5, 0.6) is 5.75 Å². The number of methoxy groups -OCH3 is 1. The van der Waals surface area contributed by atoms with E-state index in [1.807, 2.05) is 0 Å². The van der Waals surface area contributed by atoms with Gasteiger partial charge in [-0.3, -0.25) is 4.79 Å². The minimum atomic E-state index is -1.60. The molecule has 0 heterocycles. The summed E-state index contributed by atoms with van der Waals surface area (Å²) in [7, 11) is 1.18. The van der Waals surface area contributed by atoms with Gasteiger partial charge in [-0.15, -0.1) is 0 Å². The number of hydrogen-bond donors (Lipinski definition) is 0. The predicted octanol–water partition coefficient (Wildman–Crippen LogP) is 2.58. The van der Waals surface area contributed by atoms with E-state index in [1.165, 1.54) is 7.11 Å². The van der Waals surface area contributed by atoms with Crippen LogP contribution < -0.4 is 4.74 Å². The summed E-state index contributed by atoms with van der Waals surface area (Å²) in [5.41, 5.74) is 0. The van der Waals surface area contributed by atoms with Crippen LogP contribution in [0.25, 0.3) is 0 Å². The molecule has 0 aromatic heterocycles. The fourth-order valence-corrected chi connectivity index (χ4v) is 1.17. The lowest BCUT2D eigenvalue weighted by Crippen LogP contribution is -2.07. The first-order valence-corrected chi connectivity index (χ1v) is 5.00. The van der Waals surface area contributed by atoms with E-state index >= 15 is 0 Å². The zero-order valence-electron chi connectivity index (χ0n) is 9.44. The number of ether oxygens (including phenoxy) is 2. The Balaban J connectivity index is 2.65. The van der Waals surface area contributed by atoms with Crippen molar-refractivity contribution in [3.8, 4) is 5.75 Å². The molecule has 7 heteroatoms. The third-order valence-electron chi connectivity index (χ3n) is 2.07. The molecular formula is C11H10F4O3. The molecular weight excluding hydrogens is 256 g/mol. The SMILES string of the molecule is COC(=O)CCCOc1c(F)c(F)cc(F)c1F. The zero-order valence-corrected chi connectivity index (χ0v) is 9.44. The molecule has 1 rings (SSSR count). The average molecular weight is 266 g/mol. The van der Waals surface area contributed by atoms with E-state index in [2.05, 4.69) is 9.47 Å². The Morgan fingerprint density at radius 2 is 1.72 bits per heavy atom. The molecule has 0 bridgehead atoms. The van der Waals surface area contributed by atoms with E-state index in [0.717, 1.165) is 0 Å². The molecule has 100 valence electrons. The van der Waals surface area contributed by atoms with Crippen LogP contribution in [0.3, 0.4) is 0 Å². The van der Waals surface area contributed by atoms with E-state index < -0.39 is 35.0 Å². The number of esters is 1. The molecule has 0 atom stereocenters. The first kappa shape index (κ1) is 14.3. The number of carbonyl (C=O) groups excluding carboxylic acids is 1. The van der Waals surface area contributed by atoms with Crippen molar-refractivity contribution in [2.45, 2.75) is 12.8 Å². The van der Waals surface area contributed by atoms with E-state index in [9.17, 15) is 22.4 Å². The second kappa shape index (κ2) is 6.23. The van der Waals surface area contributed by atoms with Crippen LogP contribution in [0.4, 0.5) is 17.6 Å². The van der Waals surface area contributed by atoms with Gasteiger partial charge >= 0.3 is 5.97 Å². The number of rotatable bonds is 5. The predicted molar refractivity (Wildman–Crippen MR) is 53.0 cm³/mol. The van der Waals surface area contributed by atoms with Gasteiger partial charge < -0.3 is 9.47 Å². The number of halogens is 4. The highest BCUT2D eigenvalue weighted by Gasteiger charge is 2.20. The summed E-state index contributed by atoms with van der Waals surface area (Å²) < 4.78 is 60.7. The smallest absolute Gasteiger partial charge is 0.305 e. The van der Waals surface area contributed by atoms with Gasteiger partial charge in [0.2, 0.25) is 11.6 Å². The van der Waals surface area contributed by atoms with Crippen LogP contribution in [0, 0.1) is 23.3 Å². The highest BCUT2D eigenvalue weighted by atomic mass is 19.2. The van der Waals surface area contributed by atoms with E-state index in [1.54, 1.807) is 0 Å². The molecule has 0 spiro atoms. The maximum atomic E-state index is 13.1. The number of carbonyl (C=O) groups is 1. The second-order valence-electron chi connectivity index (χ2n) is 3.33. The summed E-state index contributed by atoms with van der Waals surface area (Å²) in [6, 6.07) is 0.0893. The topological polar surface area (TPSA) is 35.5 Å². The van der Waals surface area contributed by atoms with Crippen LogP contribution >= 0.6 is 0 Å². The molecule has 18 heavy (non-hydrogen) atoms. The summed E-state index contributed by atoms with van der Waals surface area (Å²) in [5.74, 6) is -7.95. The highest BCUT2D eigenvalue weighted by Crippen LogP contribution is 2.26. The lowest BCUT2D eigenvalue weighted by Gasteiger charge is -2.08. The highest BCUT2D eigenvalue weighted by molar-refractivity contribution is 5.69. The lowest BCUT2D eigenvalue weighted by atomic mass is 10.3. The fraction of sp³-hybridized carbons (Fsp3) is 0.364. The summed E-state index contributed by atoms with van der Waals surface area (Å²) in [5, 5.41) is 0. The van der Waals surface area contributed by atoms with Crippen molar-refractivity contribution in [2.24, 2.45) is 0 Å². The molecule has 0 saturated carbocycles. The largest absolute Gasteiger partial charge is 0.487 e. The monoisotopic (exact) mass is 266 g/mol. The van der Waals surface area contributed by atoms with Crippen LogP contribution in [0.2, 0.25) is 0 Å². The van der Waals surface area contributed by atoms with Crippen molar-refractivity contribution in [1.29, 1.82) is 0 Å². The van der Waals surface area contributed by atoms with Crippen LogP contribution in [-0.2, 0) is 9.53 Å². The standard InChI is InChI=1S/C11H10F4O3/c1-17-8(16)3-2-4-18-11-9(14)6(12)5-7(13)10(11)15/h5H,2-4H2,1H3. The second-order valence-corrected chi connectivity index (χ2v) is 3.33. The number of hydrogen-bond acceptors (Lipinski definition) is 3. The van der Waals surface area contributed by atoms with Gasteiger partial charge in [0, 0.05) is 12.5 Å². The summed E-state index contributed by atoms with van der Waals surface area (Å²) in [4.78, 5) is 10.7. The Kier molecular flexibility index (Phi) is 4.94. The molecule has 0 saturated heterocycles. The van der Waals surface area contributed by atoms with Crippen LogP contribution in [0.1, 0.15) is 12.8 Å². The van der Waals surface area contributed by atoms with Gasteiger partial charge in [-0.2, -0.15) is 8.78 Å². The Bertz CT molecular complexity index is 422. The molecule has 0 unspecified atom stereocenters. The Morgan fingerprint density at radius 3 is 2.22 bits per heavy atom. The third kappa shape index (κ3) is 3.35.